The highest BCUT2D eigenvalue weighted by Crippen LogP contribution is 2.38. The number of carboxylic acids is 1. The first-order chi connectivity index (χ1) is 18.2. The van der Waals surface area contributed by atoms with Crippen LogP contribution in [0.3, 0.4) is 0 Å². The molecule has 1 saturated heterocycles. The van der Waals surface area contributed by atoms with E-state index in [1.165, 1.54) is 25.3 Å². The standard InChI is InChI=1S/C30H27F3N2O3/c1-38-28-17-22(14-13-21-10-7-11-24(25(21)18-34)20-8-3-2-4-9-20)26(30(31,32)33)16-23(28)19-35-15-6-5-12-27(35)29(36)37/h2-4,7-11,13-14,16-17,27H,5-6,12,15,19H2,1H3,(H,36,37)/b14-13+. The van der Waals surface area contributed by atoms with Crippen LogP contribution >= 0.6 is 0 Å². The van der Waals surface area contributed by atoms with Crippen LogP contribution in [0.1, 0.15) is 47.1 Å². The van der Waals surface area contributed by atoms with E-state index in [9.17, 15) is 28.3 Å². The van der Waals surface area contributed by atoms with Gasteiger partial charge in [-0.3, -0.25) is 9.69 Å². The van der Waals surface area contributed by atoms with Crippen LogP contribution in [0.15, 0.2) is 60.7 Å². The first-order valence-electron chi connectivity index (χ1n) is 12.2. The van der Waals surface area contributed by atoms with Gasteiger partial charge < -0.3 is 9.84 Å². The van der Waals surface area contributed by atoms with Gasteiger partial charge in [-0.1, -0.05) is 67.1 Å². The molecule has 0 aromatic heterocycles. The molecule has 8 heteroatoms. The summed E-state index contributed by atoms with van der Waals surface area (Å²) in [5.74, 6) is -0.740. The van der Waals surface area contributed by atoms with Crippen LogP contribution in [-0.4, -0.2) is 35.7 Å². The predicted molar refractivity (Wildman–Crippen MR) is 139 cm³/mol. The predicted octanol–water partition coefficient (Wildman–Crippen LogP) is 6.86. The number of carboxylic acid groups (broad SMARTS) is 1. The second-order valence-corrected chi connectivity index (χ2v) is 9.15. The molecule has 1 heterocycles. The summed E-state index contributed by atoms with van der Waals surface area (Å²) in [7, 11) is 1.38. The zero-order valence-corrected chi connectivity index (χ0v) is 20.8. The SMILES string of the molecule is COc1cc(/C=C/c2cccc(-c3ccccc3)c2C#N)c(C(F)(F)F)cc1CN1CCCCC1C(=O)O. The normalized spacial score (nSPS) is 16.3. The van der Waals surface area contributed by atoms with Crippen molar-refractivity contribution in [2.75, 3.05) is 13.7 Å². The number of piperidine rings is 1. The minimum Gasteiger partial charge on any atom is -0.496 e. The average Bonchev–Trinajstić information content (AvgIpc) is 2.91. The van der Waals surface area contributed by atoms with E-state index < -0.39 is 23.8 Å². The molecule has 1 aliphatic rings. The highest BCUT2D eigenvalue weighted by molar-refractivity contribution is 5.81. The molecule has 38 heavy (non-hydrogen) atoms. The maximum Gasteiger partial charge on any atom is 0.417 e. The van der Waals surface area contributed by atoms with Gasteiger partial charge >= 0.3 is 12.1 Å². The molecule has 1 fully saturated rings. The van der Waals surface area contributed by atoms with E-state index in [0.29, 0.717) is 29.7 Å². The Labute approximate surface area is 219 Å². The van der Waals surface area contributed by atoms with Gasteiger partial charge in [-0.2, -0.15) is 18.4 Å². The van der Waals surface area contributed by atoms with Gasteiger partial charge in [-0.25, -0.2) is 0 Å². The summed E-state index contributed by atoms with van der Waals surface area (Å²) in [4.78, 5) is 13.4. The van der Waals surface area contributed by atoms with Crippen LogP contribution in [-0.2, 0) is 17.5 Å². The molecule has 0 radical (unpaired) electrons. The Morgan fingerprint density at radius 3 is 2.50 bits per heavy atom. The molecular formula is C30H27F3N2O3. The van der Waals surface area contributed by atoms with Crippen molar-refractivity contribution in [1.29, 1.82) is 5.26 Å². The van der Waals surface area contributed by atoms with Crippen molar-refractivity contribution >= 4 is 18.1 Å². The van der Waals surface area contributed by atoms with Gasteiger partial charge in [0, 0.05) is 17.7 Å². The largest absolute Gasteiger partial charge is 0.496 e. The number of methoxy groups -OCH3 is 1. The summed E-state index contributed by atoms with van der Waals surface area (Å²) < 4.78 is 47.9. The fourth-order valence-electron chi connectivity index (χ4n) is 4.89. The lowest BCUT2D eigenvalue weighted by Crippen LogP contribution is -2.44. The second-order valence-electron chi connectivity index (χ2n) is 9.15. The number of nitrogens with zero attached hydrogens (tertiary/aromatic N) is 2. The Bertz CT molecular complexity index is 1380. The summed E-state index contributed by atoms with van der Waals surface area (Å²) in [6.45, 7) is 0.517. The van der Waals surface area contributed by atoms with Crippen molar-refractivity contribution in [3.63, 3.8) is 0 Å². The van der Waals surface area contributed by atoms with E-state index in [0.717, 1.165) is 24.5 Å². The van der Waals surface area contributed by atoms with E-state index in [1.54, 1.807) is 23.1 Å². The fraction of sp³-hybridized carbons (Fsp3) is 0.267. The van der Waals surface area contributed by atoms with E-state index in [2.05, 4.69) is 6.07 Å². The fourth-order valence-corrected chi connectivity index (χ4v) is 4.89. The number of likely N-dealkylation sites (tertiary alicyclic amines) is 1. The van der Waals surface area contributed by atoms with Crippen molar-refractivity contribution < 1.29 is 27.8 Å². The van der Waals surface area contributed by atoms with Crippen LogP contribution in [0.5, 0.6) is 5.75 Å². The molecule has 1 atom stereocenters. The van der Waals surface area contributed by atoms with Gasteiger partial charge in [0.15, 0.2) is 0 Å². The molecule has 5 nitrogen and oxygen atoms in total. The third-order valence-corrected chi connectivity index (χ3v) is 6.77. The number of nitriles is 1. The topological polar surface area (TPSA) is 73.6 Å². The van der Waals surface area contributed by atoms with Gasteiger partial charge in [0.25, 0.3) is 0 Å². The first-order valence-corrected chi connectivity index (χ1v) is 12.2. The Balaban J connectivity index is 1.74. The summed E-state index contributed by atoms with van der Waals surface area (Å²) in [5, 5.41) is 19.4. The average molecular weight is 521 g/mol. The number of ether oxygens (including phenoxy) is 1. The van der Waals surface area contributed by atoms with Crippen LogP contribution in [0.2, 0.25) is 0 Å². The minimum atomic E-state index is -4.65. The molecule has 1 unspecified atom stereocenters. The number of hydrogen-bond donors (Lipinski definition) is 1. The number of carbonyl (C=O) groups is 1. The number of hydrogen-bond acceptors (Lipinski definition) is 4. The maximum atomic E-state index is 14.2. The summed E-state index contributed by atoms with van der Waals surface area (Å²) in [6, 6.07) is 18.3. The van der Waals surface area contributed by atoms with Crippen molar-refractivity contribution in [1.82, 2.24) is 4.90 Å². The minimum absolute atomic E-state index is 0.0327. The zero-order chi connectivity index (χ0) is 27.3. The molecule has 4 rings (SSSR count). The first kappa shape index (κ1) is 27.0. The molecule has 3 aromatic rings. The van der Waals surface area contributed by atoms with Crippen molar-refractivity contribution in [2.45, 2.75) is 38.0 Å². The van der Waals surface area contributed by atoms with E-state index >= 15 is 0 Å². The van der Waals surface area contributed by atoms with Crippen LogP contribution in [0.25, 0.3) is 23.3 Å². The third-order valence-electron chi connectivity index (χ3n) is 6.77. The van der Waals surface area contributed by atoms with E-state index in [4.69, 9.17) is 4.74 Å². The van der Waals surface area contributed by atoms with Gasteiger partial charge in [0.2, 0.25) is 0 Å². The van der Waals surface area contributed by atoms with Crippen molar-refractivity contribution in [3.05, 3.63) is 88.5 Å². The highest BCUT2D eigenvalue weighted by atomic mass is 19.4. The molecule has 0 aliphatic carbocycles. The van der Waals surface area contributed by atoms with Gasteiger partial charge in [0.1, 0.15) is 17.9 Å². The number of rotatable bonds is 7. The Kier molecular flexibility index (Phi) is 8.18. The zero-order valence-electron chi connectivity index (χ0n) is 20.8. The van der Waals surface area contributed by atoms with E-state index in [1.807, 2.05) is 30.3 Å². The van der Waals surface area contributed by atoms with Crippen molar-refractivity contribution in [3.8, 4) is 22.9 Å². The number of halogens is 3. The van der Waals surface area contributed by atoms with Gasteiger partial charge in [-0.05, 0) is 48.2 Å². The highest BCUT2D eigenvalue weighted by Gasteiger charge is 2.35. The smallest absolute Gasteiger partial charge is 0.417 e. The molecule has 0 amide bonds. The van der Waals surface area contributed by atoms with Crippen LogP contribution in [0, 0.1) is 11.3 Å². The Hall–Kier alpha value is -4.09. The molecule has 3 aromatic carbocycles. The molecule has 1 aliphatic heterocycles. The lowest BCUT2D eigenvalue weighted by atomic mass is 9.94. The van der Waals surface area contributed by atoms with Crippen LogP contribution < -0.4 is 4.74 Å². The van der Waals surface area contributed by atoms with Gasteiger partial charge in [0.05, 0.1) is 18.2 Å². The van der Waals surface area contributed by atoms with Crippen molar-refractivity contribution in [2.24, 2.45) is 0 Å². The Morgan fingerprint density at radius 2 is 1.84 bits per heavy atom. The number of alkyl halides is 3. The monoisotopic (exact) mass is 520 g/mol. The van der Waals surface area contributed by atoms with E-state index in [-0.39, 0.29) is 23.4 Å². The van der Waals surface area contributed by atoms with Crippen LogP contribution in [0.4, 0.5) is 13.2 Å². The molecule has 1 N–H and O–H groups in total. The molecule has 0 saturated carbocycles. The Morgan fingerprint density at radius 1 is 1.11 bits per heavy atom. The lowest BCUT2D eigenvalue weighted by molar-refractivity contribution is -0.145. The summed E-state index contributed by atoms with van der Waals surface area (Å²) in [6.07, 6.45) is 0.175. The number of aliphatic carboxylic acids is 1. The second kappa shape index (κ2) is 11.5. The summed E-state index contributed by atoms with van der Waals surface area (Å²) >= 11 is 0. The number of benzene rings is 3. The quantitative estimate of drug-likeness (QED) is 0.345. The molecule has 196 valence electrons. The maximum absolute atomic E-state index is 14.2. The lowest BCUT2D eigenvalue weighted by Gasteiger charge is -2.33. The summed E-state index contributed by atoms with van der Waals surface area (Å²) in [5.41, 5.74) is 1.67. The molecule has 0 bridgehead atoms. The third kappa shape index (κ3) is 5.90. The van der Waals surface area contributed by atoms with Gasteiger partial charge in [-0.15, -0.1) is 0 Å². The molecule has 0 spiro atoms. The molecular weight excluding hydrogens is 493 g/mol.